The van der Waals surface area contributed by atoms with Crippen molar-refractivity contribution in [3.05, 3.63) is 17.2 Å². The summed E-state index contributed by atoms with van der Waals surface area (Å²) in [6.45, 7) is 3.19. The quantitative estimate of drug-likeness (QED) is 0.602. The lowest BCUT2D eigenvalue weighted by Gasteiger charge is -2.16. The smallest absolute Gasteiger partial charge is 0.123 e. The first-order valence-electron chi connectivity index (χ1n) is 4.73. The second-order valence-electron chi connectivity index (χ2n) is 3.60. The number of aryl methyl sites for hydroxylation is 1. The molecule has 0 bridgehead atoms. The molecule has 0 atom stereocenters. The summed E-state index contributed by atoms with van der Waals surface area (Å²) in [4.78, 5) is 4.63. The molecular formula is C9H13N3. The molecule has 0 unspecified atom stereocenters. The van der Waals surface area contributed by atoms with Gasteiger partial charge < -0.3 is 9.88 Å². The van der Waals surface area contributed by atoms with Crippen molar-refractivity contribution in [2.24, 2.45) is 0 Å². The van der Waals surface area contributed by atoms with Crippen LogP contribution in [-0.2, 0) is 25.9 Å². The van der Waals surface area contributed by atoms with Crippen LogP contribution in [0.5, 0.6) is 0 Å². The average molecular weight is 163 g/mol. The van der Waals surface area contributed by atoms with Crippen LogP contribution in [0.25, 0.3) is 0 Å². The lowest BCUT2D eigenvalue weighted by Crippen LogP contribution is -2.29. The van der Waals surface area contributed by atoms with Crippen LogP contribution in [0.1, 0.15) is 23.6 Å². The minimum absolute atomic E-state index is 0.965. The highest BCUT2D eigenvalue weighted by Gasteiger charge is 2.22. The summed E-state index contributed by atoms with van der Waals surface area (Å²) >= 11 is 0. The van der Waals surface area contributed by atoms with Crippen LogP contribution in [0.3, 0.4) is 0 Å². The molecule has 12 heavy (non-hydrogen) atoms. The zero-order chi connectivity index (χ0) is 7.97. The highest BCUT2D eigenvalue weighted by Crippen LogP contribution is 2.23. The molecule has 0 saturated carbocycles. The van der Waals surface area contributed by atoms with Gasteiger partial charge in [0.1, 0.15) is 5.82 Å². The molecule has 1 aromatic heterocycles. The van der Waals surface area contributed by atoms with Crippen LogP contribution < -0.4 is 5.32 Å². The maximum Gasteiger partial charge on any atom is 0.123 e. The largest absolute Gasteiger partial charge is 0.329 e. The number of rotatable bonds is 0. The monoisotopic (exact) mass is 163 g/mol. The Hall–Kier alpha value is -0.830. The van der Waals surface area contributed by atoms with Gasteiger partial charge in [0.15, 0.2) is 0 Å². The molecular weight excluding hydrogens is 150 g/mol. The van der Waals surface area contributed by atoms with E-state index < -0.39 is 0 Å². The first kappa shape index (κ1) is 6.66. The van der Waals surface area contributed by atoms with E-state index in [1.807, 2.05) is 0 Å². The van der Waals surface area contributed by atoms with E-state index in [2.05, 4.69) is 14.9 Å². The van der Waals surface area contributed by atoms with Crippen LogP contribution in [0.4, 0.5) is 0 Å². The van der Waals surface area contributed by atoms with Crippen LogP contribution in [0.15, 0.2) is 0 Å². The van der Waals surface area contributed by atoms with Crippen molar-refractivity contribution in [3.8, 4) is 0 Å². The predicted molar refractivity (Wildman–Crippen MR) is 46.0 cm³/mol. The Kier molecular flexibility index (Phi) is 1.29. The number of fused-ring (bicyclic) bond motifs is 3. The average Bonchev–Trinajstić information content (AvgIpc) is 2.62. The predicted octanol–water partition coefficient (Wildman–Crippen LogP) is 0.475. The molecule has 0 fully saturated rings. The van der Waals surface area contributed by atoms with Crippen molar-refractivity contribution in [1.82, 2.24) is 14.9 Å². The van der Waals surface area contributed by atoms with E-state index in [9.17, 15) is 0 Å². The Morgan fingerprint density at radius 3 is 3.33 bits per heavy atom. The van der Waals surface area contributed by atoms with E-state index in [0.717, 1.165) is 19.6 Å². The maximum absolute atomic E-state index is 4.63. The van der Waals surface area contributed by atoms with E-state index in [0.29, 0.717) is 0 Å². The van der Waals surface area contributed by atoms with Gasteiger partial charge >= 0.3 is 0 Å². The number of aromatic nitrogens is 2. The SMILES string of the molecule is C1Cc2nc3n(c2C1)CCNC3. The summed E-state index contributed by atoms with van der Waals surface area (Å²) in [5.74, 6) is 1.26. The summed E-state index contributed by atoms with van der Waals surface area (Å²) < 4.78 is 2.42. The standard InChI is InChI=1S/C9H13N3/c1-2-7-8(3-1)12-5-4-10-6-9(12)11-7/h10H,1-6H2. The number of hydrogen-bond donors (Lipinski definition) is 1. The molecule has 2 aliphatic rings. The number of hydrogen-bond acceptors (Lipinski definition) is 2. The fourth-order valence-electron chi connectivity index (χ4n) is 2.28. The summed E-state index contributed by atoms with van der Waals surface area (Å²) in [5.41, 5.74) is 2.89. The molecule has 1 N–H and O–H groups in total. The molecule has 0 aromatic carbocycles. The van der Waals surface area contributed by atoms with Gasteiger partial charge in [-0.15, -0.1) is 0 Å². The van der Waals surface area contributed by atoms with Gasteiger partial charge in [-0.25, -0.2) is 4.98 Å². The van der Waals surface area contributed by atoms with E-state index >= 15 is 0 Å². The second kappa shape index (κ2) is 2.33. The number of imidazole rings is 1. The highest BCUT2D eigenvalue weighted by molar-refractivity contribution is 5.23. The van der Waals surface area contributed by atoms with Crippen LogP contribution in [0.2, 0.25) is 0 Å². The van der Waals surface area contributed by atoms with Crippen molar-refractivity contribution >= 4 is 0 Å². The second-order valence-corrected chi connectivity index (χ2v) is 3.60. The van der Waals surface area contributed by atoms with Gasteiger partial charge in [0.2, 0.25) is 0 Å². The molecule has 1 aromatic rings. The molecule has 3 heteroatoms. The van der Waals surface area contributed by atoms with Gasteiger partial charge in [-0.05, 0) is 19.3 Å². The lowest BCUT2D eigenvalue weighted by molar-refractivity contribution is 0.493. The molecule has 3 rings (SSSR count). The van der Waals surface area contributed by atoms with E-state index in [1.54, 1.807) is 0 Å². The van der Waals surface area contributed by atoms with Crippen LogP contribution in [0, 0.1) is 0 Å². The van der Waals surface area contributed by atoms with Gasteiger partial charge in [-0.3, -0.25) is 0 Å². The third-order valence-corrected chi connectivity index (χ3v) is 2.86. The Bertz CT molecular complexity index is 314. The molecule has 0 amide bonds. The fraction of sp³-hybridized carbons (Fsp3) is 0.667. The van der Waals surface area contributed by atoms with E-state index in [1.165, 1.54) is 36.5 Å². The van der Waals surface area contributed by atoms with Gasteiger partial charge in [-0.2, -0.15) is 0 Å². The molecule has 64 valence electrons. The van der Waals surface area contributed by atoms with Crippen molar-refractivity contribution in [2.75, 3.05) is 6.54 Å². The Morgan fingerprint density at radius 1 is 1.33 bits per heavy atom. The van der Waals surface area contributed by atoms with Gasteiger partial charge in [-0.1, -0.05) is 0 Å². The van der Waals surface area contributed by atoms with Crippen molar-refractivity contribution in [3.63, 3.8) is 0 Å². The third-order valence-electron chi connectivity index (χ3n) is 2.86. The maximum atomic E-state index is 4.63. The molecule has 1 aliphatic heterocycles. The minimum atomic E-state index is 0.965. The summed E-state index contributed by atoms with van der Waals surface area (Å²) in [7, 11) is 0. The first-order valence-corrected chi connectivity index (χ1v) is 4.73. The van der Waals surface area contributed by atoms with Gasteiger partial charge in [0.05, 0.1) is 12.2 Å². The summed E-state index contributed by atoms with van der Waals surface area (Å²) in [6.07, 6.45) is 3.77. The first-order chi connectivity index (χ1) is 5.95. The molecule has 2 heterocycles. The Labute approximate surface area is 71.8 Å². The van der Waals surface area contributed by atoms with Crippen molar-refractivity contribution in [1.29, 1.82) is 0 Å². The third kappa shape index (κ3) is 0.771. The highest BCUT2D eigenvalue weighted by atomic mass is 15.2. The Balaban J connectivity index is 2.14. The molecule has 1 aliphatic carbocycles. The minimum Gasteiger partial charge on any atom is -0.329 e. The van der Waals surface area contributed by atoms with E-state index in [-0.39, 0.29) is 0 Å². The molecule has 0 radical (unpaired) electrons. The summed E-state index contributed by atoms with van der Waals surface area (Å²) in [5, 5.41) is 3.35. The van der Waals surface area contributed by atoms with Gasteiger partial charge in [0, 0.05) is 18.8 Å². The molecule has 3 nitrogen and oxygen atoms in total. The molecule has 0 spiro atoms. The van der Waals surface area contributed by atoms with Gasteiger partial charge in [0.25, 0.3) is 0 Å². The van der Waals surface area contributed by atoms with E-state index in [4.69, 9.17) is 0 Å². The Morgan fingerprint density at radius 2 is 2.33 bits per heavy atom. The zero-order valence-corrected chi connectivity index (χ0v) is 7.14. The zero-order valence-electron chi connectivity index (χ0n) is 7.14. The van der Waals surface area contributed by atoms with Crippen molar-refractivity contribution in [2.45, 2.75) is 32.4 Å². The lowest BCUT2D eigenvalue weighted by atomic mass is 10.3. The normalized spacial score (nSPS) is 20.7. The number of nitrogens with zero attached hydrogens (tertiary/aromatic N) is 2. The fourth-order valence-corrected chi connectivity index (χ4v) is 2.28. The summed E-state index contributed by atoms with van der Waals surface area (Å²) in [6, 6.07) is 0. The van der Waals surface area contributed by atoms with Crippen LogP contribution >= 0.6 is 0 Å². The van der Waals surface area contributed by atoms with Crippen LogP contribution in [-0.4, -0.2) is 16.1 Å². The molecule has 0 saturated heterocycles. The topological polar surface area (TPSA) is 29.9 Å². The number of nitrogens with one attached hydrogen (secondary N) is 1. The van der Waals surface area contributed by atoms with Crippen molar-refractivity contribution < 1.29 is 0 Å².